The Morgan fingerprint density at radius 1 is 1.03 bits per heavy atom. The van der Waals surface area contributed by atoms with Gasteiger partial charge in [-0.15, -0.1) is 0 Å². The van der Waals surface area contributed by atoms with E-state index in [4.69, 9.17) is 9.47 Å². The molecule has 0 aliphatic carbocycles. The lowest BCUT2D eigenvalue weighted by Gasteiger charge is -2.38. The van der Waals surface area contributed by atoms with Crippen molar-refractivity contribution in [2.75, 3.05) is 21.3 Å². The summed E-state index contributed by atoms with van der Waals surface area (Å²) in [5.74, 6) is 1.92. The van der Waals surface area contributed by atoms with Crippen molar-refractivity contribution in [3.63, 3.8) is 0 Å². The first-order chi connectivity index (χ1) is 13.9. The molecule has 152 valence electrons. The topological polar surface area (TPSA) is 41.9 Å². The number of aryl methyl sites for hydroxylation is 1. The lowest BCUT2D eigenvalue weighted by atomic mass is 9.84. The fourth-order valence-corrected chi connectivity index (χ4v) is 4.78. The zero-order valence-electron chi connectivity index (χ0n) is 18.0. The molecule has 0 saturated heterocycles. The van der Waals surface area contributed by atoms with Gasteiger partial charge in [0.15, 0.2) is 0 Å². The minimum Gasteiger partial charge on any atom is -0.507 e. The number of nitrogens with zero attached hydrogens (tertiary/aromatic N) is 1. The number of hydrogen-bond donors (Lipinski definition) is 1. The molecule has 1 N–H and O–H groups in total. The Labute approximate surface area is 172 Å². The largest absolute Gasteiger partial charge is 0.507 e. The van der Waals surface area contributed by atoms with E-state index in [-0.39, 0.29) is 6.04 Å². The highest BCUT2D eigenvalue weighted by Gasteiger charge is 2.30. The highest BCUT2D eigenvalue weighted by Crippen LogP contribution is 2.47. The summed E-state index contributed by atoms with van der Waals surface area (Å²) < 4.78 is 11.3. The van der Waals surface area contributed by atoms with Crippen LogP contribution < -0.4 is 9.47 Å². The van der Waals surface area contributed by atoms with E-state index in [0.717, 1.165) is 50.9 Å². The van der Waals surface area contributed by atoms with E-state index >= 15 is 0 Å². The molecule has 0 spiro atoms. The number of ether oxygens (including phenoxy) is 2. The maximum Gasteiger partial charge on any atom is 0.130 e. The maximum absolute atomic E-state index is 11.4. The first kappa shape index (κ1) is 19.6. The molecule has 2 atom stereocenters. The standard InChI is InChI=1S/C25H29NO3/c1-14-12-21(29-6)24-18(8-7-9-20(24)28-5)22(14)19-11-10-17-13-15(2)26(4)16(3)23(17)25(19)27/h7-12,15-16,27H,13H2,1-6H3/t15-,16+/m1/s1. The van der Waals surface area contributed by atoms with E-state index in [0.29, 0.717) is 11.8 Å². The van der Waals surface area contributed by atoms with Crippen molar-refractivity contribution < 1.29 is 14.6 Å². The highest BCUT2D eigenvalue weighted by molar-refractivity contribution is 6.05. The van der Waals surface area contributed by atoms with Crippen LogP contribution in [0.5, 0.6) is 17.2 Å². The molecule has 1 heterocycles. The molecule has 0 unspecified atom stereocenters. The Balaban J connectivity index is 2.03. The Kier molecular flexibility index (Phi) is 4.91. The predicted octanol–water partition coefficient (Wildman–Crippen LogP) is 5.48. The van der Waals surface area contributed by atoms with Gasteiger partial charge in [-0.3, -0.25) is 4.90 Å². The number of phenols is 1. The van der Waals surface area contributed by atoms with Gasteiger partial charge >= 0.3 is 0 Å². The van der Waals surface area contributed by atoms with E-state index in [1.54, 1.807) is 14.2 Å². The number of aromatic hydroxyl groups is 1. The average molecular weight is 392 g/mol. The van der Waals surface area contributed by atoms with Crippen LogP contribution in [-0.2, 0) is 6.42 Å². The molecule has 0 aromatic heterocycles. The lowest BCUT2D eigenvalue weighted by Crippen LogP contribution is -2.38. The van der Waals surface area contributed by atoms with Crippen molar-refractivity contribution in [1.29, 1.82) is 0 Å². The minimum absolute atomic E-state index is 0.160. The van der Waals surface area contributed by atoms with Crippen LogP contribution in [0.2, 0.25) is 0 Å². The summed E-state index contributed by atoms with van der Waals surface area (Å²) in [6, 6.07) is 12.9. The Morgan fingerprint density at radius 2 is 1.76 bits per heavy atom. The fraction of sp³-hybridized carbons (Fsp3) is 0.360. The summed E-state index contributed by atoms with van der Waals surface area (Å²) in [7, 11) is 5.47. The van der Waals surface area contributed by atoms with Crippen LogP contribution in [0.4, 0.5) is 0 Å². The molecule has 0 amide bonds. The van der Waals surface area contributed by atoms with Crippen LogP contribution in [0, 0.1) is 6.92 Å². The first-order valence-corrected chi connectivity index (χ1v) is 10.1. The van der Waals surface area contributed by atoms with Crippen molar-refractivity contribution in [2.45, 2.75) is 39.3 Å². The van der Waals surface area contributed by atoms with Gasteiger partial charge in [0.25, 0.3) is 0 Å². The number of fused-ring (bicyclic) bond motifs is 2. The van der Waals surface area contributed by atoms with Crippen LogP contribution in [0.25, 0.3) is 21.9 Å². The molecule has 0 fully saturated rings. The van der Waals surface area contributed by atoms with Crippen molar-refractivity contribution in [1.82, 2.24) is 4.90 Å². The first-order valence-electron chi connectivity index (χ1n) is 10.1. The van der Waals surface area contributed by atoms with Gasteiger partial charge in [0, 0.05) is 23.2 Å². The Hall–Kier alpha value is -2.72. The van der Waals surface area contributed by atoms with E-state index < -0.39 is 0 Å². The highest BCUT2D eigenvalue weighted by atomic mass is 16.5. The normalized spacial score (nSPS) is 19.2. The second kappa shape index (κ2) is 7.27. The summed E-state index contributed by atoms with van der Waals surface area (Å²) in [6.45, 7) is 6.46. The molecule has 3 aromatic carbocycles. The van der Waals surface area contributed by atoms with Gasteiger partial charge in [-0.2, -0.15) is 0 Å². The van der Waals surface area contributed by atoms with E-state index in [1.165, 1.54) is 5.56 Å². The molecule has 0 bridgehead atoms. The van der Waals surface area contributed by atoms with Crippen LogP contribution >= 0.6 is 0 Å². The quantitative estimate of drug-likeness (QED) is 0.642. The second-order valence-corrected chi connectivity index (χ2v) is 8.08. The van der Waals surface area contributed by atoms with Crippen molar-refractivity contribution in [3.05, 3.63) is 53.1 Å². The average Bonchev–Trinajstić information content (AvgIpc) is 2.71. The number of methoxy groups -OCH3 is 2. The molecule has 29 heavy (non-hydrogen) atoms. The number of hydrogen-bond acceptors (Lipinski definition) is 4. The summed E-state index contributed by atoms with van der Waals surface area (Å²) in [6.07, 6.45) is 0.945. The molecule has 4 heteroatoms. The van der Waals surface area contributed by atoms with Crippen LogP contribution in [0.3, 0.4) is 0 Å². The van der Waals surface area contributed by atoms with Crippen LogP contribution in [0.1, 0.15) is 36.6 Å². The number of likely N-dealkylation sites (N-methyl/N-ethyl adjacent to an activating group) is 1. The number of benzene rings is 3. The Morgan fingerprint density at radius 3 is 2.45 bits per heavy atom. The number of rotatable bonds is 3. The summed E-state index contributed by atoms with van der Waals surface area (Å²) in [5.41, 5.74) is 5.21. The third kappa shape index (κ3) is 2.94. The van der Waals surface area contributed by atoms with E-state index in [2.05, 4.69) is 50.9 Å². The van der Waals surface area contributed by atoms with Crippen LogP contribution in [-0.4, -0.2) is 37.3 Å². The maximum atomic E-state index is 11.4. The van der Waals surface area contributed by atoms with Gasteiger partial charge in [-0.1, -0.05) is 24.3 Å². The van der Waals surface area contributed by atoms with Gasteiger partial charge in [0.2, 0.25) is 0 Å². The molecule has 1 aliphatic rings. The van der Waals surface area contributed by atoms with Crippen molar-refractivity contribution >= 4 is 10.8 Å². The van der Waals surface area contributed by atoms with Crippen molar-refractivity contribution in [2.24, 2.45) is 0 Å². The van der Waals surface area contributed by atoms with E-state index in [1.807, 2.05) is 18.2 Å². The predicted molar refractivity (Wildman–Crippen MR) is 118 cm³/mol. The molecule has 0 saturated carbocycles. The summed E-state index contributed by atoms with van der Waals surface area (Å²) in [4.78, 5) is 2.33. The van der Waals surface area contributed by atoms with Gasteiger partial charge in [-0.25, -0.2) is 0 Å². The molecule has 0 radical (unpaired) electrons. The molecular formula is C25H29NO3. The summed E-state index contributed by atoms with van der Waals surface area (Å²) in [5, 5.41) is 13.4. The third-order valence-corrected chi connectivity index (χ3v) is 6.54. The van der Waals surface area contributed by atoms with Gasteiger partial charge in [0.05, 0.1) is 19.6 Å². The molecular weight excluding hydrogens is 362 g/mol. The van der Waals surface area contributed by atoms with Gasteiger partial charge in [0.1, 0.15) is 17.2 Å². The smallest absolute Gasteiger partial charge is 0.130 e. The van der Waals surface area contributed by atoms with Crippen molar-refractivity contribution in [3.8, 4) is 28.4 Å². The molecule has 1 aliphatic heterocycles. The minimum atomic E-state index is 0.160. The summed E-state index contributed by atoms with van der Waals surface area (Å²) >= 11 is 0. The monoisotopic (exact) mass is 391 g/mol. The Bertz CT molecular complexity index is 1090. The molecule has 4 nitrogen and oxygen atoms in total. The lowest BCUT2D eigenvalue weighted by molar-refractivity contribution is 0.176. The SMILES string of the molecule is COc1cccc2c(-c3ccc4c(c3O)[C@H](C)N(C)[C@H](C)C4)c(C)cc(OC)c12. The van der Waals surface area contributed by atoms with Gasteiger partial charge < -0.3 is 14.6 Å². The molecule has 3 aromatic rings. The zero-order chi connectivity index (χ0) is 20.9. The fourth-order valence-electron chi connectivity index (χ4n) is 4.78. The van der Waals surface area contributed by atoms with E-state index in [9.17, 15) is 5.11 Å². The third-order valence-electron chi connectivity index (χ3n) is 6.54. The number of phenolic OH excluding ortho intramolecular Hbond substituents is 1. The molecule has 4 rings (SSSR count). The second-order valence-electron chi connectivity index (χ2n) is 8.08. The zero-order valence-corrected chi connectivity index (χ0v) is 18.0. The van der Waals surface area contributed by atoms with Crippen LogP contribution in [0.15, 0.2) is 36.4 Å². The van der Waals surface area contributed by atoms with Gasteiger partial charge in [-0.05, 0) is 68.4 Å².